The smallest absolute Gasteiger partial charge is 0.337 e. The van der Waals surface area contributed by atoms with Gasteiger partial charge in [-0.25, -0.2) is 4.79 Å². The quantitative estimate of drug-likeness (QED) is 0.821. The molecule has 98 valence electrons. The van der Waals surface area contributed by atoms with Gasteiger partial charge in [-0.05, 0) is 36.4 Å². The van der Waals surface area contributed by atoms with Gasteiger partial charge < -0.3 is 15.6 Å². The fourth-order valence-electron chi connectivity index (χ4n) is 1.47. The Morgan fingerprint density at radius 1 is 1.26 bits per heavy atom. The Kier molecular flexibility index (Phi) is 3.97. The molecule has 0 saturated heterocycles. The van der Waals surface area contributed by atoms with Gasteiger partial charge in [0.15, 0.2) is 0 Å². The summed E-state index contributed by atoms with van der Waals surface area (Å²) in [6.07, 6.45) is 0. The zero-order valence-electron chi connectivity index (χ0n) is 9.56. The van der Waals surface area contributed by atoms with Gasteiger partial charge in [-0.15, -0.1) is 0 Å². The Bertz CT molecular complexity index is 646. The number of rotatable bonds is 3. The van der Waals surface area contributed by atoms with Crippen LogP contribution in [-0.4, -0.2) is 11.1 Å². The summed E-state index contributed by atoms with van der Waals surface area (Å²) in [6.45, 7) is 0. The average Bonchev–Trinajstić information content (AvgIpc) is 2.36. The number of nitrogens with two attached hydrogens (primary N) is 1. The summed E-state index contributed by atoms with van der Waals surface area (Å²) in [7, 11) is 0. The lowest BCUT2D eigenvalue weighted by atomic mass is 10.2. The van der Waals surface area contributed by atoms with Gasteiger partial charge in [0.25, 0.3) is 0 Å². The number of halogens is 2. The van der Waals surface area contributed by atoms with Crippen molar-refractivity contribution >= 4 is 39.2 Å². The molecule has 0 amide bonds. The molecule has 4 nitrogen and oxygen atoms in total. The van der Waals surface area contributed by atoms with Crippen LogP contribution in [-0.2, 0) is 0 Å². The van der Waals surface area contributed by atoms with Crippen LogP contribution in [0.5, 0.6) is 11.5 Å². The van der Waals surface area contributed by atoms with Crippen molar-refractivity contribution < 1.29 is 14.6 Å². The molecule has 2 aromatic rings. The zero-order valence-corrected chi connectivity index (χ0v) is 11.9. The van der Waals surface area contributed by atoms with E-state index >= 15 is 0 Å². The highest BCUT2D eigenvalue weighted by atomic mass is 79.9. The predicted molar refractivity (Wildman–Crippen MR) is 77.0 cm³/mol. The van der Waals surface area contributed by atoms with E-state index in [2.05, 4.69) is 15.9 Å². The Hall–Kier alpha value is -1.72. The number of carboxylic acid groups (broad SMARTS) is 1. The van der Waals surface area contributed by atoms with Crippen LogP contribution < -0.4 is 10.5 Å². The first kappa shape index (κ1) is 13.7. The molecule has 0 fully saturated rings. The van der Waals surface area contributed by atoms with Gasteiger partial charge in [0, 0.05) is 10.2 Å². The van der Waals surface area contributed by atoms with Gasteiger partial charge in [0.2, 0.25) is 0 Å². The van der Waals surface area contributed by atoms with E-state index in [0.29, 0.717) is 16.5 Å². The molecule has 0 bridgehead atoms. The van der Waals surface area contributed by atoms with Crippen LogP contribution in [0.3, 0.4) is 0 Å². The number of carbonyl (C=O) groups is 1. The van der Waals surface area contributed by atoms with Gasteiger partial charge in [-0.3, -0.25) is 0 Å². The number of hydrogen-bond acceptors (Lipinski definition) is 3. The maximum absolute atomic E-state index is 11.0. The van der Waals surface area contributed by atoms with Gasteiger partial charge in [0.05, 0.1) is 10.6 Å². The number of carboxylic acids is 1. The van der Waals surface area contributed by atoms with Crippen LogP contribution >= 0.6 is 27.5 Å². The molecular formula is C13H9BrClNO3. The van der Waals surface area contributed by atoms with Gasteiger partial charge in [-0.1, -0.05) is 27.5 Å². The molecule has 0 atom stereocenters. The maximum Gasteiger partial charge on any atom is 0.337 e. The summed E-state index contributed by atoms with van der Waals surface area (Å²) < 4.78 is 6.36. The predicted octanol–water partition coefficient (Wildman–Crippen LogP) is 4.18. The minimum Gasteiger partial charge on any atom is -0.478 e. The highest BCUT2D eigenvalue weighted by Gasteiger charge is 2.11. The molecule has 2 rings (SSSR count). The Balaban J connectivity index is 2.36. The van der Waals surface area contributed by atoms with Crippen LogP contribution in [0.4, 0.5) is 5.69 Å². The first-order valence-electron chi connectivity index (χ1n) is 5.23. The summed E-state index contributed by atoms with van der Waals surface area (Å²) in [5, 5.41) is 9.41. The third kappa shape index (κ3) is 3.19. The number of aromatic carboxylic acids is 1. The average molecular weight is 343 g/mol. The summed E-state index contributed by atoms with van der Waals surface area (Å²) in [5.74, 6) is -0.327. The summed E-state index contributed by atoms with van der Waals surface area (Å²) in [6, 6.07) is 9.56. The van der Waals surface area contributed by atoms with Crippen molar-refractivity contribution in [2.45, 2.75) is 0 Å². The molecule has 6 heteroatoms. The summed E-state index contributed by atoms with van der Waals surface area (Å²) >= 11 is 9.30. The van der Waals surface area contributed by atoms with Crippen LogP contribution in [0.15, 0.2) is 40.9 Å². The molecule has 0 unspecified atom stereocenters. The lowest BCUT2D eigenvalue weighted by Crippen LogP contribution is -2.02. The highest BCUT2D eigenvalue weighted by Crippen LogP contribution is 2.33. The Labute approximate surface area is 122 Å². The van der Waals surface area contributed by atoms with E-state index in [4.69, 9.17) is 27.2 Å². The second-order valence-corrected chi connectivity index (χ2v) is 5.05. The molecule has 0 aromatic heterocycles. The zero-order chi connectivity index (χ0) is 14.0. The van der Waals surface area contributed by atoms with Crippen LogP contribution in [0.2, 0.25) is 5.02 Å². The van der Waals surface area contributed by atoms with E-state index in [1.54, 1.807) is 24.3 Å². The number of benzene rings is 2. The molecule has 0 saturated carbocycles. The highest BCUT2D eigenvalue weighted by molar-refractivity contribution is 9.10. The van der Waals surface area contributed by atoms with Crippen molar-refractivity contribution in [2.75, 3.05) is 5.73 Å². The first-order valence-corrected chi connectivity index (χ1v) is 6.40. The monoisotopic (exact) mass is 341 g/mol. The fraction of sp³-hybridized carbons (Fsp3) is 0. The molecule has 0 spiro atoms. The number of nitrogen functional groups attached to an aromatic ring is 1. The molecule has 0 aliphatic carbocycles. The van der Waals surface area contributed by atoms with Gasteiger partial charge in [-0.2, -0.15) is 0 Å². The molecule has 0 heterocycles. The van der Waals surface area contributed by atoms with Crippen molar-refractivity contribution in [3.63, 3.8) is 0 Å². The Morgan fingerprint density at radius 2 is 2.00 bits per heavy atom. The second-order valence-electron chi connectivity index (χ2n) is 3.73. The van der Waals surface area contributed by atoms with Crippen molar-refractivity contribution in [3.8, 4) is 11.5 Å². The minimum absolute atomic E-state index is 0.0105. The maximum atomic E-state index is 11.0. The van der Waals surface area contributed by atoms with Gasteiger partial charge in [0.1, 0.15) is 11.5 Å². The Morgan fingerprint density at radius 3 is 2.68 bits per heavy atom. The third-order valence-electron chi connectivity index (χ3n) is 2.38. The van der Waals surface area contributed by atoms with Crippen molar-refractivity contribution in [2.24, 2.45) is 0 Å². The molecule has 19 heavy (non-hydrogen) atoms. The van der Waals surface area contributed by atoms with E-state index in [0.717, 1.165) is 4.47 Å². The molecule has 0 aliphatic heterocycles. The SMILES string of the molecule is Nc1ccc(Oc2cc(Br)ccc2Cl)cc1C(=O)O. The van der Waals surface area contributed by atoms with Crippen molar-refractivity contribution in [1.82, 2.24) is 0 Å². The number of ether oxygens (including phenoxy) is 1. The fourth-order valence-corrected chi connectivity index (χ4v) is 1.96. The van der Waals surface area contributed by atoms with Gasteiger partial charge >= 0.3 is 5.97 Å². The van der Waals surface area contributed by atoms with Crippen molar-refractivity contribution in [1.29, 1.82) is 0 Å². The minimum atomic E-state index is -1.11. The molecule has 0 aliphatic rings. The topological polar surface area (TPSA) is 72.5 Å². The third-order valence-corrected chi connectivity index (χ3v) is 3.18. The number of hydrogen-bond donors (Lipinski definition) is 2. The lowest BCUT2D eigenvalue weighted by Gasteiger charge is -2.09. The van der Waals surface area contributed by atoms with E-state index in [9.17, 15) is 4.79 Å². The molecule has 0 radical (unpaired) electrons. The number of anilines is 1. The summed E-state index contributed by atoms with van der Waals surface area (Å²) in [4.78, 5) is 11.0. The van der Waals surface area contributed by atoms with Crippen LogP contribution in [0, 0.1) is 0 Å². The van der Waals surface area contributed by atoms with E-state index < -0.39 is 5.97 Å². The van der Waals surface area contributed by atoms with Crippen LogP contribution in [0.1, 0.15) is 10.4 Å². The van der Waals surface area contributed by atoms with E-state index in [1.807, 2.05) is 0 Å². The van der Waals surface area contributed by atoms with Crippen LogP contribution in [0.25, 0.3) is 0 Å². The molecule has 2 aromatic carbocycles. The first-order chi connectivity index (χ1) is 8.97. The van der Waals surface area contributed by atoms with E-state index in [-0.39, 0.29) is 11.3 Å². The van der Waals surface area contributed by atoms with Crippen molar-refractivity contribution in [3.05, 3.63) is 51.5 Å². The normalized spacial score (nSPS) is 10.2. The second kappa shape index (κ2) is 5.50. The largest absolute Gasteiger partial charge is 0.478 e. The molecule has 3 N–H and O–H groups in total. The molecular weight excluding hydrogens is 334 g/mol. The summed E-state index contributed by atoms with van der Waals surface area (Å²) in [5.41, 5.74) is 5.74. The lowest BCUT2D eigenvalue weighted by molar-refractivity contribution is 0.0697. The van der Waals surface area contributed by atoms with E-state index in [1.165, 1.54) is 12.1 Å². The standard InChI is InChI=1S/C13H9BrClNO3/c14-7-1-3-10(15)12(5-7)19-8-2-4-11(16)9(6-8)13(17)18/h1-6H,16H2,(H,17,18).